The van der Waals surface area contributed by atoms with E-state index in [4.69, 9.17) is 6.42 Å². The van der Waals surface area contributed by atoms with E-state index in [2.05, 4.69) is 4.74 Å². The molecule has 0 saturated heterocycles. The number of nitrogens with zero attached hydrogens (tertiary/aromatic N) is 1. The molecule has 1 aliphatic rings. The standard InChI is InChI=1S/C20H14F5NO4S/c1-3-30-19(27)20(8-9-20)26(10-12-6-4-11(2)5-7-12)31(28,29)18-16(24)14(22)13(21)15(23)17(18)25/h1,4-7H,8-10H2,2H3. The highest BCUT2D eigenvalue weighted by Crippen LogP contribution is 2.47. The lowest BCUT2D eigenvalue weighted by Crippen LogP contribution is -2.47. The summed E-state index contributed by atoms with van der Waals surface area (Å²) in [6.45, 7) is 1.14. The first-order valence-corrected chi connectivity index (χ1v) is 10.2. The highest BCUT2D eigenvalue weighted by atomic mass is 32.2. The van der Waals surface area contributed by atoms with Crippen LogP contribution in [0.3, 0.4) is 0 Å². The topological polar surface area (TPSA) is 63.7 Å². The van der Waals surface area contributed by atoms with Crippen molar-refractivity contribution in [3.63, 3.8) is 0 Å². The van der Waals surface area contributed by atoms with E-state index in [9.17, 15) is 35.2 Å². The fourth-order valence-corrected chi connectivity index (χ4v) is 4.96. The van der Waals surface area contributed by atoms with Crippen molar-refractivity contribution in [1.82, 2.24) is 4.31 Å². The molecule has 0 atom stereocenters. The zero-order chi connectivity index (χ0) is 23.1. The molecule has 0 amide bonds. The van der Waals surface area contributed by atoms with E-state index < -0.39 is 62.1 Å². The minimum absolute atomic E-state index is 0.131. The first kappa shape index (κ1) is 22.7. The lowest BCUT2D eigenvalue weighted by molar-refractivity contribution is -0.143. The summed E-state index contributed by atoms with van der Waals surface area (Å²) in [4.78, 5) is 10.3. The smallest absolute Gasteiger partial charge is 0.341 e. The van der Waals surface area contributed by atoms with Crippen LogP contribution in [0.25, 0.3) is 0 Å². The fraction of sp³-hybridized carbons (Fsp3) is 0.250. The van der Waals surface area contributed by atoms with E-state index in [1.807, 2.05) is 0 Å². The minimum atomic E-state index is -5.42. The van der Waals surface area contributed by atoms with Crippen molar-refractivity contribution in [1.29, 1.82) is 0 Å². The molecule has 0 spiro atoms. The number of aryl methyl sites for hydroxylation is 1. The number of carbonyl (C=O) groups is 1. The highest BCUT2D eigenvalue weighted by molar-refractivity contribution is 7.89. The molecule has 0 radical (unpaired) electrons. The molecule has 3 rings (SSSR count). The Labute approximate surface area is 174 Å². The summed E-state index contributed by atoms with van der Waals surface area (Å²) in [7, 11) is -5.42. The van der Waals surface area contributed by atoms with E-state index in [1.54, 1.807) is 25.2 Å². The number of hydrogen-bond acceptors (Lipinski definition) is 4. The molecule has 1 fully saturated rings. The summed E-state index contributed by atoms with van der Waals surface area (Å²) in [5.74, 6) is -13.6. The van der Waals surface area contributed by atoms with Crippen molar-refractivity contribution < 1.29 is 39.9 Å². The predicted octanol–water partition coefficient (Wildman–Crippen LogP) is 3.55. The van der Waals surface area contributed by atoms with Gasteiger partial charge in [0.05, 0.1) is 0 Å². The Bertz CT molecular complexity index is 1170. The molecule has 0 unspecified atom stereocenters. The number of sulfonamides is 1. The summed E-state index contributed by atoms with van der Waals surface area (Å²) in [6.07, 6.45) is 6.25. The molecule has 2 aromatic carbocycles. The molecule has 0 bridgehead atoms. The van der Waals surface area contributed by atoms with E-state index in [1.165, 1.54) is 12.1 Å². The molecular formula is C20H14F5NO4S. The highest BCUT2D eigenvalue weighted by Gasteiger charge is 2.61. The van der Waals surface area contributed by atoms with Gasteiger partial charge in [0.1, 0.15) is 11.6 Å². The fourth-order valence-electron chi connectivity index (χ4n) is 3.07. The zero-order valence-electron chi connectivity index (χ0n) is 15.9. The van der Waals surface area contributed by atoms with Crippen LogP contribution in [-0.2, 0) is 26.1 Å². The summed E-state index contributed by atoms with van der Waals surface area (Å²) in [5, 5.41) is 0. The number of terminal acetylenes is 1. The molecule has 5 nitrogen and oxygen atoms in total. The quantitative estimate of drug-likeness (QED) is 0.218. The lowest BCUT2D eigenvalue weighted by atomic mass is 10.1. The Morgan fingerprint density at radius 2 is 1.52 bits per heavy atom. The predicted molar refractivity (Wildman–Crippen MR) is 97.0 cm³/mol. The van der Waals surface area contributed by atoms with E-state index in [-0.39, 0.29) is 18.4 Å². The van der Waals surface area contributed by atoms with E-state index in [0.717, 1.165) is 5.56 Å². The van der Waals surface area contributed by atoms with Gasteiger partial charge < -0.3 is 4.74 Å². The van der Waals surface area contributed by atoms with Gasteiger partial charge >= 0.3 is 5.97 Å². The summed E-state index contributed by atoms with van der Waals surface area (Å²) < 4.78 is 101. The van der Waals surface area contributed by atoms with Gasteiger partial charge in [0.2, 0.25) is 5.82 Å². The molecule has 11 heteroatoms. The second-order valence-corrected chi connectivity index (χ2v) is 8.73. The van der Waals surface area contributed by atoms with Crippen molar-refractivity contribution in [2.45, 2.75) is 36.7 Å². The van der Waals surface area contributed by atoms with Crippen LogP contribution in [0.5, 0.6) is 0 Å². The third-order valence-corrected chi connectivity index (χ3v) is 6.83. The minimum Gasteiger partial charge on any atom is -0.371 e. The normalized spacial score (nSPS) is 14.9. The largest absolute Gasteiger partial charge is 0.371 e. The second kappa shape index (κ2) is 7.94. The Morgan fingerprint density at radius 3 is 1.97 bits per heavy atom. The Kier molecular flexibility index (Phi) is 5.82. The molecule has 164 valence electrons. The first-order valence-electron chi connectivity index (χ1n) is 8.74. The maximum absolute atomic E-state index is 14.3. The summed E-state index contributed by atoms with van der Waals surface area (Å²) >= 11 is 0. The number of carbonyl (C=O) groups excluding carboxylic acids is 1. The van der Waals surface area contributed by atoms with Gasteiger partial charge in [0, 0.05) is 6.54 Å². The molecule has 0 heterocycles. The average Bonchev–Trinajstić information content (AvgIpc) is 3.52. The number of benzene rings is 2. The van der Waals surface area contributed by atoms with Crippen molar-refractivity contribution in [3.8, 4) is 12.5 Å². The van der Waals surface area contributed by atoms with E-state index in [0.29, 0.717) is 4.31 Å². The molecule has 2 aromatic rings. The lowest BCUT2D eigenvalue weighted by Gasteiger charge is -2.29. The number of halogens is 5. The van der Waals surface area contributed by atoms with Gasteiger partial charge in [0.25, 0.3) is 10.0 Å². The van der Waals surface area contributed by atoms with Crippen molar-refractivity contribution in [3.05, 3.63) is 64.5 Å². The van der Waals surface area contributed by atoms with Gasteiger partial charge in [-0.25, -0.2) is 35.2 Å². The van der Waals surface area contributed by atoms with Gasteiger partial charge in [-0.3, -0.25) is 0 Å². The van der Waals surface area contributed by atoms with Gasteiger partial charge in [-0.15, -0.1) is 0 Å². The van der Waals surface area contributed by atoms with Gasteiger partial charge in [-0.2, -0.15) is 4.31 Å². The van der Waals surface area contributed by atoms with Crippen LogP contribution in [0, 0.1) is 48.5 Å². The first-order chi connectivity index (χ1) is 14.5. The number of esters is 1. The van der Waals surface area contributed by atoms with E-state index >= 15 is 0 Å². The van der Waals surface area contributed by atoms with Crippen LogP contribution in [0.15, 0.2) is 29.2 Å². The van der Waals surface area contributed by atoms with Crippen LogP contribution < -0.4 is 0 Å². The maximum Gasteiger partial charge on any atom is 0.341 e. The molecule has 1 aliphatic carbocycles. The Balaban J connectivity index is 2.21. The Morgan fingerprint density at radius 1 is 1.03 bits per heavy atom. The maximum atomic E-state index is 14.3. The number of rotatable bonds is 6. The summed E-state index contributed by atoms with van der Waals surface area (Å²) in [6, 6.07) is 6.19. The third kappa shape index (κ3) is 3.77. The van der Waals surface area contributed by atoms with Crippen LogP contribution in [0.2, 0.25) is 0 Å². The second-order valence-electron chi connectivity index (χ2n) is 6.94. The van der Waals surface area contributed by atoms with Crippen LogP contribution in [0.4, 0.5) is 22.0 Å². The molecular weight excluding hydrogens is 445 g/mol. The summed E-state index contributed by atoms with van der Waals surface area (Å²) in [5.41, 5.74) is -0.848. The SMILES string of the molecule is C#COC(=O)C1(N(Cc2ccc(C)cc2)S(=O)(=O)c2c(F)c(F)c(F)c(F)c2F)CC1. The van der Waals surface area contributed by atoms with Gasteiger partial charge in [-0.05, 0) is 25.3 Å². The van der Waals surface area contributed by atoms with Crippen LogP contribution in [-0.4, -0.2) is 24.2 Å². The zero-order valence-corrected chi connectivity index (χ0v) is 16.7. The van der Waals surface area contributed by atoms with Gasteiger partial charge in [0.15, 0.2) is 28.2 Å². The monoisotopic (exact) mass is 459 g/mol. The number of ether oxygens (including phenoxy) is 1. The molecule has 0 aliphatic heterocycles. The number of hydrogen-bond donors (Lipinski definition) is 0. The third-order valence-electron chi connectivity index (χ3n) is 4.90. The molecule has 31 heavy (non-hydrogen) atoms. The van der Waals surface area contributed by atoms with Crippen LogP contribution >= 0.6 is 0 Å². The van der Waals surface area contributed by atoms with Crippen LogP contribution in [0.1, 0.15) is 24.0 Å². The van der Waals surface area contributed by atoms with Crippen molar-refractivity contribution in [2.75, 3.05) is 0 Å². The van der Waals surface area contributed by atoms with Gasteiger partial charge in [-0.1, -0.05) is 36.3 Å². The molecule has 0 aromatic heterocycles. The van der Waals surface area contributed by atoms with Crippen molar-refractivity contribution in [2.24, 2.45) is 0 Å². The molecule has 0 N–H and O–H groups in total. The van der Waals surface area contributed by atoms with Crippen molar-refractivity contribution >= 4 is 16.0 Å². The average molecular weight is 459 g/mol. The molecule has 1 saturated carbocycles. The Hall–Kier alpha value is -2.97.